The first-order chi connectivity index (χ1) is 11.7. The fourth-order valence-corrected chi connectivity index (χ4v) is 2.29. The number of nitrogens with one attached hydrogen (secondary N) is 2. The van der Waals surface area contributed by atoms with Crippen LogP contribution in [0, 0.1) is 0 Å². The maximum atomic E-state index is 13.0. The van der Waals surface area contributed by atoms with Crippen LogP contribution in [0.2, 0.25) is 5.02 Å². The molecule has 0 fully saturated rings. The molecule has 2 aromatic carbocycles. The molecule has 0 saturated heterocycles. The maximum absolute atomic E-state index is 13.0. The van der Waals surface area contributed by atoms with Gasteiger partial charge in [-0.2, -0.15) is 13.2 Å². The lowest BCUT2D eigenvalue weighted by Crippen LogP contribution is -2.23. The topological polar surface area (TPSA) is 44.4 Å². The molecule has 134 valence electrons. The van der Waals surface area contributed by atoms with E-state index in [9.17, 15) is 18.0 Å². The highest BCUT2D eigenvalue weighted by Gasteiger charge is 2.34. The Bertz CT molecular complexity index is 746. The molecule has 0 atom stereocenters. The van der Waals surface area contributed by atoms with Crippen LogP contribution in [0.1, 0.15) is 5.56 Å². The first-order valence-corrected chi connectivity index (χ1v) is 7.72. The van der Waals surface area contributed by atoms with Crippen molar-refractivity contribution in [2.75, 3.05) is 36.2 Å². The fourth-order valence-electron chi connectivity index (χ4n) is 2.11. The average Bonchev–Trinajstić information content (AvgIpc) is 2.54. The first-order valence-electron chi connectivity index (χ1n) is 7.34. The van der Waals surface area contributed by atoms with Gasteiger partial charge in [-0.3, -0.25) is 4.79 Å². The Morgan fingerprint density at radius 3 is 2.32 bits per heavy atom. The van der Waals surface area contributed by atoms with Crippen LogP contribution in [0.5, 0.6) is 0 Å². The number of halogens is 4. The quantitative estimate of drug-likeness (QED) is 0.814. The normalized spacial score (nSPS) is 11.1. The summed E-state index contributed by atoms with van der Waals surface area (Å²) in [5.74, 6) is -0.593. The molecular formula is C17H17ClF3N3O. The molecule has 8 heteroatoms. The summed E-state index contributed by atoms with van der Waals surface area (Å²) >= 11 is 5.61. The lowest BCUT2D eigenvalue weighted by Gasteiger charge is -2.15. The number of nitrogens with zero attached hydrogens (tertiary/aromatic N) is 1. The molecule has 0 saturated carbocycles. The number of hydrogen-bond donors (Lipinski definition) is 2. The molecule has 2 rings (SSSR count). The van der Waals surface area contributed by atoms with Crippen LogP contribution in [0.4, 0.5) is 30.2 Å². The zero-order valence-electron chi connectivity index (χ0n) is 13.6. The molecule has 0 spiro atoms. The minimum atomic E-state index is -4.61. The summed E-state index contributed by atoms with van der Waals surface area (Å²) in [4.78, 5) is 13.9. The van der Waals surface area contributed by atoms with E-state index in [2.05, 4.69) is 10.6 Å². The van der Waals surface area contributed by atoms with Gasteiger partial charge < -0.3 is 15.5 Å². The van der Waals surface area contributed by atoms with Crippen LogP contribution >= 0.6 is 11.6 Å². The second kappa shape index (κ2) is 7.65. The monoisotopic (exact) mass is 371 g/mol. The third-order valence-corrected chi connectivity index (χ3v) is 3.63. The minimum absolute atomic E-state index is 0.0515. The highest BCUT2D eigenvalue weighted by molar-refractivity contribution is 6.30. The lowest BCUT2D eigenvalue weighted by atomic mass is 10.1. The summed E-state index contributed by atoms with van der Waals surface area (Å²) in [5.41, 5.74) is 0.370. The van der Waals surface area contributed by atoms with E-state index in [1.54, 1.807) is 12.1 Å². The van der Waals surface area contributed by atoms with Crippen molar-refractivity contribution >= 4 is 34.6 Å². The highest BCUT2D eigenvalue weighted by Crippen LogP contribution is 2.36. The van der Waals surface area contributed by atoms with Gasteiger partial charge in [0.1, 0.15) is 0 Å². The van der Waals surface area contributed by atoms with E-state index in [1.807, 2.05) is 31.1 Å². The van der Waals surface area contributed by atoms with E-state index >= 15 is 0 Å². The highest BCUT2D eigenvalue weighted by atomic mass is 35.5. The van der Waals surface area contributed by atoms with Crippen LogP contribution in [0.25, 0.3) is 0 Å². The summed E-state index contributed by atoms with van der Waals surface area (Å²) in [6.45, 7) is -0.165. The van der Waals surface area contributed by atoms with Crippen LogP contribution < -0.4 is 15.5 Å². The van der Waals surface area contributed by atoms with Crippen LogP contribution in [-0.2, 0) is 11.0 Å². The summed E-state index contributed by atoms with van der Waals surface area (Å²) in [6.07, 6.45) is -4.61. The SMILES string of the molecule is CN(C)c1ccc(NCC(=O)Nc2ccc(Cl)cc2C(F)(F)F)cc1. The van der Waals surface area contributed by atoms with Gasteiger partial charge in [-0.05, 0) is 42.5 Å². The van der Waals surface area contributed by atoms with Crippen LogP contribution in [0.3, 0.4) is 0 Å². The van der Waals surface area contributed by atoms with Crippen molar-refractivity contribution in [2.24, 2.45) is 0 Å². The van der Waals surface area contributed by atoms with E-state index < -0.39 is 17.6 Å². The third kappa shape index (κ3) is 5.29. The standard InChI is InChI=1S/C17H17ClF3N3O/c1-24(2)13-6-4-12(5-7-13)22-10-16(25)23-15-8-3-11(18)9-14(15)17(19,20)21/h3-9,22H,10H2,1-2H3,(H,23,25). The van der Waals surface area contributed by atoms with Crippen molar-refractivity contribution < 1.29 is 18.0 Å². The first kappa shape index (κ1) is 18.9. The van der Waals surface area contributed by atoms with Crippen molar-refractivity contribution in [3.63, 3.8) is 0 Å². The van der Waals surface area contributed by atoms with Gasteiger partial charge in [0.15, 0.2) is 0 Å². The van der Waals surface area contributed by atoms with Gasteiger partial charge in [-0.1, -0.05) is 11.6 Å². The van der Waals surface area contributed by atoms with E-state index in [0.29, 0.717) is 5.69 Å². The smallest absolute Gasteiger partial charge is 0.378 e. The lowest BCUT2D eigenvalue weighted by molar-refractivity contribution is -0.137. The number of hydrogen-bond acceptors (Lipinski definition) is 3. The molecule has 1 amide bonds. The van der Waals surface area contributed by atoms with Gasteiger partial charge in [0.05, 0.1) is 17.8 Å². The Morgan fingerprint density at radius 2 is 1.76 bits per heavy atom. The van der Waals surface area contributed by atoms with Crippen LogP contribution in [-0.4, -0.2) is 26.5 Å². The Kier molecular flexibility index (Phi) is 5.79. The number of rotatable bonds is 5. The van der Waals surface area contributed by atoms with E-state index in [1.165, 1.54) is 6.07 Å². The molecule has 0 radical (unpaired) electrons. The second-order valence-electron chi connectivity index (χ2n) is 5.53. The molecule has 0 aliphatic carbocycles. The number of benzene rings is 2. The summed E-state index contributed by atoms with van der Waals surface area (Å²) in [7, 11) is 3.81. The Morgan fingerprint density at radius 1 is 1.12 bits per heavy atom. The molecule has 0 aliphatic heterocycles. The van der Waals surface area contributed by atoms with Gasteiger partial charge in [0.2, 0.25) is 5.91 Å². The number of carbonyl (C=O) groups excluding carboxylic acids is 1. The number of anilines is 3. The largest absolute Gasteiger partial charge is 0.418 e. The van der Waals surface area contributed by atoms with E-state index in [-0.39, 0.29) is 17.3 Å². The Hall–Kier alpha value is -2.41. The predicted molar refractivity (Wildman–Crippen MR) is 94.3 cm³/mol. The summed E-state index contributed by atoms with van der Waals surface area (Å²) in [5, 5.41) is 5.07. The Labute approximate surface area is 148 Å². The van der Waals surface area contributed by atoms with Gasteiger partial charge in [0.25, 0.3) is 0 Å². The Balaban J connectivity index is 2.01. The molecule has 0 bridgehead atoms. The molecule has 25 heavy (non-hydrogen) atoms. The molecular weight excluding hydrogens is 355 g/mol. The van der Waals surface area contributed by atoms with Crippen molar-refractivity contribution in [3.05, 3.63) is 53.1 Å². The average molecular weight is 372 g/mol. The second-order valence-corrected chi connectivity index (χ2v) is 5.97. The minimum Gasteiger partial charge on any atom is -0.378 e. The number of carbonyl (C=O) groups is 1. The van der Waals surface area contributed by atoms with E-state index in [4.69, 9.17) is 11.6 Å². The van der Waals surface area contributed by atoms with Crippen molar-refractivity contribution in [1.29, 1.82) is 0 Å². The predicted octanol–water partition coefficient (Wildman–Crippen LogP) is 4.48. The van der Waals surface area contributed by atoms with Crippen LogP contribution in [0.15, 0.2) is 42.5 Å². The summed E-state index contributed by atoms with van der Waals surface area (Å²) in [6, 6.07) is 10.5. The molecule has 4 nitrogen and oxygen atoms in total. The maximum Gasteiger partial charge on any atom is 0.418 e. The molecule has 2 N–H and O–H groups in total. The zero-order chi connectivity index (χ0) is 18.6. The number of alkyl halides is 3. The van der Waals surface area contributed by atoms with Gasteiger partial charge in [-0.25, -0.2) is 0 Å². The fraction of sp³-hybridized carbons (Fsp3) is 0.235. The van der Waals surface area contributed by atoms with Crippen molar-refractivity contribution in [2.45, 2.75) is 6.18 Å². The van der Waals surface area contributed by atoms with Gasteiger partial charge in [0, 0.05) is 30.5 Å². The molecule has 0 heterocycles. The zero-order valence-corrected chi connectivity index (χ0v) is 14.4. The van der Waals surface area contributed by atoms with Gasteiger partial charge in [-0.15, -0.1) is 0 Å². The van der Waals surface area contributed by atoms with Crippen molar-refractivity contribution in [1.82, 2.24) is 0 Å². The number of amides is 1. The summed E-state index contributed by atoms with van der Waals surface area (Å²) < 4.78 is 39.0. The molecule has 0 aromatic heterocycles. The molecule has 0 unspecified atom stereocenters. The molecule has 0 aliphatic rings. The van der Waals surface area contributed by atoms with E-state index in [0.717, 1.165) is 17.8 Å². The van der Waals surface area contributed by atoms with Gasteiger partial charge >= 0.3 is 6.18 Å². The third-order valence-electron chi connectivity index (χ3n) is 3.40. The van der Waals surface area contributed by atoms with Crippen molar-refractivity contribution in [3.8, 4) is 0 Å². The molecule has 2 aromatic rings.